The van der Waals surface area contributed by atoms with Crippen molar-refractivity contribution in [3.05, 3.63) is 36.1 Å². The van der Waals surface area contributed by atoms with E-state index in [1.807, 2.05) is 13.8 Å². The van der Waals surface area contributed by atoms with Crippen molar-refractivity contribution in [2.24, 2.45) is 0 Å². The van der Waals surface area contributed by atoms with E-state index in [2.05, 4.69) is 0 Å². The zero-order valence-electron chi connectivity index (χ0n) is 12.3. The number of furan rings is 1. The average Bonchev–Trinajstić information content (AvgIpc) is 3.02. The second kappa shape index (κ2) is 6.83. The number of methoxy groups -OCH3 is 1. The predicted octanol–water partition coefficient (Wildman–Crippen LogP) is 3.53. The number of hydrogen-bond donors (Lipinski definition) is 0. The predicted molar refractivity (Wildman–Crippen MR) is 77.8 cm³/mol. The number of hydrogen-bond acceptors (Lipinski definition) is 5. The fourth-order valence-corrected chi connectivity index (χ4v) is 2.01. The Morgan fingerprint density at radius 2 is 1.81 bits per heavy atom. The normalized spacial score (nSPS) is 10.2. The van der Waals surface area contributed by atoms with E-state index in [4.69, 9.17) is 18.6 Å². The van der Waals surface area contributed by atoms with Gasteiger partial charge in [-0.2, -0.15) is 0 Å². The summed E-state index contributed by atoms with van der Waals surface area (Å²) in [6.07, 6.45) is 1.55. The van der Waals surface area contributed by atoms with E-state index in [1.54, 1.807) is 30.5 Å². The Labute approximate surface area is 123 Å². The van der Waals surface area contributed by atoms with Crippen molar-refractivity contribution in [3.63, 3.8) is 0 Å². The van der Waals surface area contributed by atoms with Gasteiger partial charge in [-0.1, -0.05) is 0 Å². The highest BCUT2D eigenvalue weighted by molar-refractivity contribution is 5.97. The number of esters is 1. The third kappa shape index (κ3) is 3.18. The minimum atomic E-state index is -0.453. The van der Waals surface area contributed by atoms with Crippen LogP contribution in [0.2, 0.25) is 0 Å². The molecule has 112 valence electrons. The van der Waals surface area contributed by atoms with Crippen LogP contribution in [0.1, 0.15) is 24.2 Å². The molecule has 21 heavy (non-hydrogen) atoms. The van der Waals surface area contributed by atoms with Gasteiger partial charge in [0.2, 0.25) is 0 Å². The second-order valence-corrected chi connectivity index (χ2v) is 4.18. The molecule has 0 aliphatic heterocycles. The molecule has 1 aromatic heterocycles. The first-order valence-corrected chi connectivity index (χ1v) is 6.77. The molecule has 5 heteroatoms. The van der Waals surface area contributed by atoms with E-state index >= 15 is 0 Å². The molecule has 2 rings (SSSR count). The van der Waals surface area contributed by atoms with E-state index in [9.17, 15) is 4.79 Å². The van der Waals surface area contributed by atoms with Crippen LogP contribution in [0.15, 0.2) is 34.9 Å². The summed E-state index contributed by atoms with van der Waals surface area (Å²) in [6, 6.07) is 6.89. The third-order valence-electron chi connectivity index (χ3n) is 2.88. The van der Waals surface area contributed by atoms with Crippen LogP contribution in [-0.4, -0.2) is 26.3 Å². The number of ether oxygens (including phenoxy) is 3. The van der Waals surface area contributed by atoms with Gasteiger partial charge in [0.25, 0.3) is 0 Å². The van der Waals surface area contributed by atoms with Crippen LogP contribution >= 0.6 is 0 Å². The van der Waals surface area contributed by atoms with Crippen molar-refractivity contribution in [2.45, 2.75) is 13.8 Å². The molecule has 2 aromatic rings. The number of carbonyl (C=O) groups excluding carboxylic acids is 1. The molecule has 0 radical (unpaired) electrons. The highest BCUT2D eigenvalue weighted by Gasteiger charge is 2.20. The summed E-state index contributed by atoms with van der Waals surface area (Å²) in [7, 11) is 1.34. The molecule has 0 fully saturated rings. The summed E-state index contributed by atoms with van der Waals surface area (Å²) in [4.78, 5) is 12.0. The molecule has 1 heterocycles. The summed E-state index contributed by atoms with van der Waals surface area (Å²) in [5.41, 5.74) is 0.984. The number of benzene rings is 1. The van der Waals surface area contributed by atoms with E-state index < -0.39 is 5.97 Å². The number of rotatable bonds is 6. The van der Waals surface area contributed by atoms with Crippen LogP contribution in [0.5, 0.6) is 11.5 Å². The van der Waals surface area contributed by atoms with Gasteiger partial charge in [-0.25, -0.2) is 4.79 Å². The molecule has 0 saturated carbocycles. The molecule has 5 nitrogen and oxygen atoms in total. The van der Waals surface area contributed by atoms with Gasteiger partial charge in [0.1, 0.15) is 5.76 Å². The van der Waals surface area contributed by atoms with Crippen LogP contribution in [0, 0.1) is 0 Å². The standard InChI is InChI=1S/C16H18O5/c1-4-19-14-9-11(13-7-6-8-21-13)12(16(17)18-3)10-15(14)20-5-2/h6-10H,4-5H2,1-3H3. The van der Waals surface area contributed by atoms with Gasteiger partial charge < -0.3 is 18.6 Å². The summed E-state index contributed by atoms with van der Waals surface area (Å²) >= 11 is 0. The molecular formula is C16H18O5. The van der Waals surface area contributed by atoms with Gasteiger partial charge in [-0.3, -0.25) is 0 Å². The lowest BCUT2D eigenvalue weighted by molar-refractivity contribution is 0.0601. The monoisotopic (exact) mass is 290 g/mol. The van der Waals surface area contributed by atoms with Gasteiger partial charge in [-0.15, -0.1) is 0 Å². The Bertz CT molecular complexity index is 601. The molecular weight excluding hydrogens is 272 g/mol. The van der Waals surface area contributed by atoms with Crippen molar-refractivity contribution in [2.75, 3.05) is 20.3 Å². The Morgan fingerprint density at radius 3 is 2.33 bits per heavy atom. The maximum atomic E-state index is 12.0. The fourth-order valence-electron chi connectivity index (χ4n) is 2.01. The zero-order valence-corrected chi connectivity index (χ0v) is 12.3. The molecule has 1 aromatic carbocycles. The van der Waals surface area contributed by atoms with Gasteiger partial charge in [0, 0.05) is 5.56 Å². The van der Waals surface area contributed by atoms with E-state index in [0.717, 1.165) is 0 Å². The summed E-state index contributed by atoms with van der Waals surface area (Å²) in [6.45, 7) is 4.72. The van der Waals surface area contributed by atoms with E-state index in [-0.39, 0.29) is 0 Å². The smallest absolute Gasteiger partial charge is 0.338 e. The van der Waals surface area contributed by atoms with Gasteiger partial charge in [0.05, 0.1) is 32.2 Å². The van der Waals surface area contributed by atoms with Crippen LogP contribution < -0.4 is 9.47 Å². The average molecular weight is 290 g/mol. The largest absolute Gasteiger partial charge is 0.490 e. The van der Waals surface area contributed by atoms with Crippen LogP contribution in [0.25, 0.3) is 11.3 Å². The maximum Gasteiger partial charge on any atom is 0.338 e. The van der Waals surface area contributed by atoms with Gasteiger partial charge >= 0.3 is 5.97 Å². The summed E-state index contributed by atoms with van der Waals surface area (Å²) in [5, 5.41) is 0. The molecule has 0 aliphatic carbocycles. The third-order valence-corrected chi connectivity index (χ3v) is 2.88. The molecule has 0 atom stereocenters. The molecule has 0 amide bonds. The SMILES string of the molecule is CCOc1cc(C(=O)OC)c(-c2ccco2)cc1OCC. The first-order valence-electron chi connectivity index (χ1n) is 6.77. The topological polar surface area (TPSA) is 57.9 Å². The minimum Gasteiger partial charge on any atom is -0.490 e. The fraction of sp³-hybridized carbons (Fsp3) is 0.312. The van der Waals surface area contributed by atoms with E-state index in [1.165, 1.54) is 7.11 Å². The lowest BCUT2D eigenvalue weighted by Crippen LogP contribution is -2.06. The van der Waals surface area contributed by atoms with Crippen molar-refractivity contribution in [1.82, 2.24) is 0 Å². The van der Waals surface area contributed by atoms with Crippen molar-refractivity contribution >= 4 is 5.97 Å². The number of carbonyl (C=O) groups is 1. The maximum absolute atomic E-state index is 12.0. The Kier molecular flexibility index (Phi) is 4.87. The van der Waals surface area contributed by atoms with E-state index in [0.29, 0.717) is 41.6 Å². The second-order valence-electron chi connectivity index (χ2n) is 4.18. The highest BCUT2D eigenvalue weighted by Crippen LogP contribution is 2.36. The first kappa shape index (κ1) is 15.0. The molecule has 0 unspecified atom stereocenters. The van der Waals surface area contributed by atoms with Crippen LogP contribution in [0.3, 0.4) is 0 Å². The lowest BCUT2D eigenvalue weighted by atomic mass is 10.0. The summed E-state index contributed by atoms with van der Waals surface area (Å²) < 4.78 is 21.3. The quantitative estimate of drug-likeness (QED) is 0.762. The Balaban J connectivity index is 2.60. The molecule has 0 spiro atoms. The minimum absolute atomic E-state index is 0.374. The molecule has 0 saturated heterocycles. The highest BCUT2D eigenvalue weighted by atomic mass is 16.5. The zero-order chi connectivity index (χ0) is 15.2. The van der Waals surface area contributed by atoms with Crippen molar-refractivity contribution in [1.29, 1.82) is 0 Å². The first-order chi connectivity index (χ1) is 10.2. The summed E-state index contributed by atoms with van der Waals surface area (Å²) in [5.74, 6) is 1.19. The van der Waals surface area contributed by atoms with Gasteiger partial charge in [0.15, 0.2) is 11.5 Å². The molecule has 0 N–H and O–H groups in total. The Hall–Kier alpha value is -2.43. The van der Waals surface area contributed by atoms with Crippen LogP contribution in [-0.2, 0) is 4.74 Å². The van der Waals surface area contributed by atoms with Gasteiger partial charge in [-0.05, 0) is 38.1 Å². The Morgan fingerprint density at radius 1 is 1.14 bits per heavy atom. The molecule has 0 bridgehead atoms. The van der Waals surface area contributed by atoms with Crippen LogP contribution in [0.4, 0.5) is 0 Å². The van der Waals surface area contributed by atoms with Crippen molar-refractivity contribution < 1.29 is 23.4 Å². The lowest BCUT2D eigenvalue weighted by Gasteiger charge is -2.14. The van der Waals surface area contributed by atoms with Crippen molar-refractivity contribution in [3.8, 4) is 22.8 Å². The molecule has 0 aliphatic rings.